The number of piperidine rings is 1. The monoisotopic (exact) mass is 350 g/mol. The molecule has 1 aliphatic heterocycles. The maximum Gasteiger partial charge on any atom is 0.137 e. The largest absolute Gasteiger partial charge is 0.398 e. The van der Waals surface area contributed by atoms with Crippen LogP contribution in [0.4, 0.5) is 5.69 Å². The average molecular weight is 350 g/mol. The number of hydrogen-bond donors (Lipinski definition) is 1. The van der Waals surface area contributed by atoms with E-state index >= 15 is 0 Å². The molecule has 2 N–H and O–H groups in total. The molecule has 0 spiro atoms. The Hall–Kier alpha value is -2.44. The molecule has 26 heavy (non-hydrogen) atoms. The highest BCUT2D eigenvalue weighted by Crippen LogP contribution is 2.26. The van der Waals surface area contributed by atoms with Crippen molar-refractivity contribution in [2.75, 3.05) is 32.9 Å². The smallest absolute Gasteiger partial charge is 0.137 e. The van der Waals surface area contributed by atoms with E-state index in [9.17, 15) is 0 Å². The Morgan fingerprint density at radius 1 is 1.19 bits per heavy atom. The van der Waals surface area contributed by atoms with E-state index in [1.807, 2.05) is 42.7 Å². The summed E-state index contributed by atoms with van der Waals surface area (Å²) in [5.74, 6) is 0. The number of rotatable bonds is 4. The van der Waals surface area contributed by atoms with Gasteiger partial charge in [0.15, 0.2) is 0 Å². The fourth-order valence-electron chi connectivity index (χ4n) is 3.77. The minimum Gasteiger partial charge on any atom is -0.398 e. The van der Waals surface area contributed by atoms with E-state index < -0.39 is 0 Å². The van der Waals surface area contributed by atoms with Gasteiger partial charge in [-0.2, -0.15) is 0 Å². The van der Waals surface area contributed by atoms with E-state index in [0.29, 0.717) is 6.04 Å². The third-order valence-corrected chi connectivity index (χ3v) is 5.36. The summed E-state index contributed by atoms with van der Waals surface area (Å²) < 4.78 is 2.12. The number of nitrogen functional groups attached to an aromatic ring is 1. The molecule has 1 fully saturated rings. The highest BCUT2D eigenvalue weighted by molar-refractivity contribution is 5.64. The van der Waals surface area contributed by atoms with E-state index in [-0.39, 0.29) is 0 Å². The first kappa shape index (κ1) is 17.0. The van der Waals surface area contributed by atoms with Crippen molar-refractivity contribution in [3.8, 4) is 11.4 Å². The van der Waals surface area contributed by atoms with Crippen LogP contribution in [-0.4, -0.2) is 57.4 Å². The average Bonchev–Trinajstić information content (AvgIpc) is 3.01. The summed E-state index contributed by atoms with van der Waals surface area (Å²) in [6.45, 7) is 3.13. The lowest BCUT2D eigenvalue weighted by Crippen LogP contribution is -2.41. The summed E-state index contributed by atoms with van der Waals surface area (Å²) in [5, 5.41) is 0. The molecule has 136 valence electrons. The van der Waals surface area contributed by atoms with Gasteiger partial charge in [-0.05, 0) is 64.3 Å². The summed E-state index contributed by atoms with van der Waals surface area (Å²) in [6.07, 6.45) is 6.18. The van der Waals surface area contributed by atoms with Gasteiger partial charge in [-0.25, -0.2) is 4.98 Å². The van der Waals surface area contributed by atoms with Gasteiger partial charge in [-0.3, -0.25) is 14.3 Å². The van der Waals surface area contributed by atoms with Crippen molar-refractivity contribution in [3.63, 3.8) is 0 Å². The zero-order valence-corrected chi connectivity index (χ0v) is 15.5. The van der Waals surface area contributed by atoms with Crippen molar-refractivity contribution >= 4 is 11.3 Å². The fourth-order valence-corrected chi connectivity index (χ4v) is 3.77. The Balaban J connectivity index is 1.71. The highest BCUT2D eigenvalue weighted by Gasteiger charge is 2.23. The number of fused-ring (bicyclic) bond motifs is 1. The maximum absolute atomic E-state index is 6.05. The molecule has 0 bridgehead atoms. The predicted molar refractivity (Wildman–Crippen MR) is 105 cm³/mol. The van der Waals surface area contributed by atoms with Gasteiger partial charge in [0.25, 0.3) is 0 Å². The third-order valence-electron chi connectivity index (χ3n) is 5.36. The van der Waals surface area contributed by atoms with Crippen molar-refractivity contribution < 1.29 is 0 Å². The van der Waals surface area contributed by atoms with E-state index in [1.54, 1.807) is 0 Å². The second kappa shape index (κ2) is 7.05. The summed E-state index contributed by atoms with van der Waals surface area (Å²) in [5.41, 5.74) is 10.7. The molecule has 6 heteroatoms. The third kappa shape index (κ3) is 3.30. The molecule has 3 aromatic heterocycles. The van der Waals surface area contributed by atoms with Crippen molar-refractivity contribution in [1.82, 2.24) is 24.2 Å². The number of anilines is 1. The minimum atomic E-state index is 0.592. The molecule has 0 unspecified atom stereocenters. The van der Waals surface area contributed by atoms with Crippen LogP contribution in [0.3, 0.4) is 0 Å². The standard InChI is InChI=1S/C20H26N6/c1-24-11-8-16(9-12-24)25(2)14-18-20(17-5-3-4-10-22-17)23-19-7-6-15(21)13-26(18)19/h3-7,10,13,16H,8-9,11-12,14,21H2,1-2H3. The zero-order chi connectivity index (χ0) is 18.1. The number of hydrogen-bond acceptors (Lipinski definition) is 5. The molecule has 0 saturated carbocycles. The summed E-state index contributed by atoms with van der Waals surface area (Å²) >= 11 is 0. The molecule has 0 aromatic carbocycles. The summed E-state index contributed by atoms with van der Waals surface area (Å²) in [6, 6.07) is 10.4. The van der Waals surface area contributed by atoms with E-state index in [1.165, 1.54) is 12.8 Å². The van der Waals surface area contributed by atoms with Gasteiger partial charge in [0.1, 0.15) is 11.3 Å². The van der Waals surface area contributed by atoms with Gasteiger partial charge < -0.3 is 10.6 Å². The van der Waals surface area contributed by atoms with E-state index in [4.69, 9.17) is 10.7 Å². The maximum atomic E-state index is 6.05. The minimum absolute atomic E-state index is 0.592. The number of likely N-dealkylation sites (tertiary alicyclic amines) is 1. The summed E-state index contributed by atoms with van der Waals surface area (Å²) in [7, 11) is 4.41. The molecule has 6 nitrogen and oxygen atoms in total. The fraction of sp³-hybridized carbons (Fsp3) is 0.400. The van der Waals surface area contributed by atoms with Crippen molar-refractivity contribution in [3.05, 3.63) is 48.4 Å². The van der Waals surface area contributed by atoms with Gasteiger partial charge in [-0.15, -0.1) is 0 Å². The normalized spacial score (nSPS) is 16.6. The number of nitrogens with zero attached hydrogens (tertiary/aromatic N) is 5. The Labute approximate surface area is 154 Å². The van der Waals surface area contributed by atoms with Crippen LogP contribution in [0.25, 0.3) is 17.0 Å². The molecule has 4 heterocycles. The Bertz CT molecular complexity index is 880. The van der Waals surface area contributed by atoms with Crippen LogP contribution in [0.15, 0.2) is 42.7 Å². The quantitative estimate of drug-likeness (QED) is 0.783. The first-order valence-corrected chi connectivity index (χ1v) is 9.18. The van der Waals surface area contributed by atoms with Crippen molar-refractivity contribution in [2.24, 2.45) is 0 Å². The predicted octanol–water partition coefficient (Wildman–Crippen LogP) is 2.50. The molecule has 3 aromatic rings. The van der Waals surface area contributed by atoms with Crippen LogP contribution in [-0.2, 0) is 6.54 Å². The Morgan fingerprint density at radius 2 is 2.00 bits per heavy atom. The number of nitrogens with two attached hydrogens (primary N) is 1. The Morgan fingerprint density at radius 3 is 2.73 bits per heavy atom. The molecule has 0 atom stereocenters. The number of aromatic nitrogens is 3. The van der Waals surface area contributed by atoms with Gasteiger partial charge in [0.2, 0.25) is 0 Å². The molecule has 4 rings (SSSR count). The van der Waals surface area contributed by atoms with Crippen LogP contribution < -0.4 is 5.73 Å². The first-order chi connectivity index (χ1) is 12.6. The lowest BCUT2D eigenvalue weighted by Gasteiger charge is -2.35. The van der Waals surface area contributed by atoms with Crippen LogP contribution in [0, 0.1) is 0 Å². The van der Waals surface area contributed by atoms with Crippen LogP contribution in [0.2, 0.25) is 0 Å². The molecular weight excluding hydrogens is 324 g/mol. The van der Waals surface area contributed by atoms with E-state index in [2.05, 4.69) is 33.3 Å². The van der Waals surface area contributed by atoms with Crippen LogP contribution >= 0.6 is 0 Å². The second-order valence-electron chi connectivity index (χ2n) is 7.26. The lowest BCUT2D eigenvalue weighted by molar-refractivity contribution is 0.138. The summed E-state index contributed by atoms with van der Waals surface area (Å²) in [4.78, 5) is 14.2. The lowest BCUT2D eigenvalue weighted by atomic mass is 10.0. The second-order valence-corrected chi connectivity index (χ2v) is 7.26. The SMILES string of the molecule is CN1CCC(N(C)Cc2c(-c3ccccn3)nc3ccc(N)cn23)CC1. The molecule has 1 aliphatic rings. The highest BCUT2D eigenvalue weighted by atomic mass is 15.2. The topological polar surface area (TPSA) is 62.7 Å². The van der Waals surface area contributed by atoms with Crippen LogP contribution in [0.5, 0.6) is 0 Å². The number of pyridine rings is 2. The van der Waals surface area contributed by atoms with Gasteiger partial charge in [-0.1, -0.05) is 6.07 Å². The van der Waals surface area contributed by atoms with Crippen LogP contribution in [0.1, 0.15) is 18.5 Å². The molecule has 0 aliphatic carbocycles. The van der Waals surface area contributed by atoms with E-state index in [0.717, 1.165) is 48.1 Å². The molecule has 0 radical (unpaired) electrons. The van der Waals surface area contributed by atoms with Gasteiger partial charge in [0, 0.05) is 30.7 Å². The molecular formula is C20H26N6. The molecule has 1 saturated heterocycles. The van der Waals surface area contributed by atoms with Gasteiger partial charge >= 0.3 is 0 Å². The van der Waals surface area contributed by atoms with Crippen molar-refractivity contribution in [2.45, 2.75) is 25.4 Å². The first-order valence-electron chi connectivity index (χ1n) is 9.18. The van der Waals surface area contributed by atoms with Crippen molar-refractivity contribution in [1.29, 1.82) is 0 Å². The number of imidazole rings is 1. The molecule has 0 amide bonds. The zero-order valence-electron chi connectivity index (χ0n) is 15.5. The van der Waals surface area contributed by atoms with Gasteiger partial charge in [0.05, 0.1) is 11.4 Å². The Kier molecular flexibility index (Phi) is 4.61.